The van der Waals surface area contributed by atoms with Gasteiger partial charge in [0.15, 0.2) is 5.69 Å². The Morgan fingerprint density at radius 1 is 1.60 bits per heavy atom. The molecule has 0 bridgehead atoms. The number of nitrogen functional groups attached to an aromatic ring is 1. The summed E-state index contributed by atoms with van der Waals surface area (Å²) < 4.78 is 0. The average Bonchev–Trinajstić information content (AvgIpc) is 2.19. The summed E-state index contributed by atoms with van der Waals surface area (Å²) in [7, 11) is 0. The molecule has 15 heavy (non-hydrogen) atoms. The summed E-state index contributed by atoms with van der Waals surface area (Å²) in [6.45, 7) is 2.65. The summed E-state index contributed by atoms with van der Waals surface area (Å²) in [6.07, 6.45) is 0.888. The Balaban J connectivity index is 3.06. The number of phenolic OH excluding ortho intramolecular Hbond substituents is 1. The van der Waals surface area contributed by atoms with E-state index in [1.165, 1.54) is 12.1 Å². The second kappa shape index (κ2) is 4.50. The summed E-state index contributed by atoms with van der Waals surface area (Å²) in [6, 6.07) is 2.68. The van der Waals surface area contributed by atoms with Crippen LogP contribution in [0, 0.1) is 10.1 Å². The van der Waals surface area contributed by atoms with E-state index in [-0.39, 0.29) is 17.1 Å². The van der Waals surface area contributed by atoms with Gasteiger partial charge in [-0.25, -0.2) is 0 Å². The van der Waals surface area contributed by atoms with Crippen molar-refractivity contribution in [2.75, 3.05) is 17.6 Å². The molecular formula is C9H13N3O3. The zero-order chi connectivity index (χ0) is 11.4. The fourth-order valence-corrected chi connectivity index (χ4v) is 1.15. The predicted molar refractivity (Wildman–Crippen MR) is 58.0 cm³/mol. The number of nitro benzene ring substituents is 1. The monoisotopic (exact) mass is 211 g/mol. The van der Waals surface area contributed by atoms with Gasteiger partial charge in [0, 0.05) is 24.4 Å². The lowest BCUT2D eigenvalue weighted by Crippen LogP contribution is -2.02. The molecule has 1 rings (SSSR count). The first kappa shape index (κ1) is 11.1. The van der Waals surface area contributed by atoms with Gasteiger partial charge in [0.2, 0.25) is 0 Å². The van der Waals surface area contributed by atoms with E-state index in [2.05, 4.69) is 5.32 Å². The van der Waals surface area contributed by atoms with Crippen molar-refractivity contribution in [1.29, 1.82) is 0 Å². The van der Waals surface area contributed by atoms with Gasteiger partial charge in [0.1, 0.15) is 5.75 Å². The third-order valence-electron chi connectivity index (χ3n) is 1.91. The number of phenols is 1. The zero-order valence-corrected chi connectivity index (χ0v) is 8.36. The minimum Gasteiger partial charge on any atom is -0.505 e. The SMILES string of the molecule is CCCNc1cc(O)c(N)c([N+](=O)[O-])c1. The normalized spacial score (nSPS) is 9.93. The highest BCUT2D eigenvalue weighted by Crippen LogP contribution is 2.34. The summed E-state index contributed by atoms with van der Waals surface area (Å²) in [4.78, 5) is 9.97. The summed E-state index contributed by atoms with van der Waals surface area (Å²) in [5.41, 5.74) is 5.37. The van der Waals surface area contributed by atoms with Crippen LogP contribution in [0.2, 0.25) is 0 Å². The molecule has 0 spiro atoms. The van der Waals surface area contributed by atoms with E-state index >= 15 is 0 Å². The van der Waals surface area contributed by atoms with E-state index in [1.54, 1.807) is 0 Å². The van der Waals surface area contributed by atoms with Crippen LogP contribution in [0.15, 0.2) is 12.1 Å². The van der Waals surface area contributed by atoms with Crippen molar-refractivity contribution < 1.29 is 10.0 Å². The zero-order valence-electron chi connectivity index (χ0n) is 8.36. The molecule has 0 heterocycles. The van der Waals surface area contributed by atoms with E-state index in [4.69, 9.17) is 5.73 Å². The van der Waals surface area contributed by atoms with Gasteiger partial charge in [0.05, 0.1) is 4.92 Å². The fraction of sp³-hybridized carbons (Fsp3) is 0.333. The first-order chi connectivity index (χ1) is 7.06. The molecule has 0 aliphatic rings. The number of hydrogen-bond donors (Lipinski definition) is 3. The molecule has 0 saturated heterocycles. The van der Waals surface area contributed by atoms with Crippen molar-refractivity contribution >= 4 is 17.1 Å². The maximum atomic E-state index is 10.6. The average molecular weight is 211 g/mol. The minimum atomic E-state index is -0.619. The molecule has 0 aliphatic carbocycles. The molecule has 0 amide bonds. The van der Waals surface area contributed by atoms with Crippen LogP contribution in [0.5, 0.6) is 5.75 Å². The van der Waals surface area contributed by atoms with Crippen LogP contribution < -0.4 is 11.1 Å². The van der Waals surface area contributed by atoms with E-state index in [0.717, 1.165) is 6.42 Å². The molecule has 0 saturated carbocycles. The number of aromatic hydroxyl groups is 1. The lowest BCUT2D eigenvalue weighted by atomic mass is 10.2. The Hall–Kier alpha value is -1.98. The molecule has 6 nitrogen and oxygen atoms in total. The van der Waals surface area contributed by atoms with Gasteiger partial charge in [-0.15, -0.1) is 0 Å². The lowest BCUT2D eigenvalue weighted by Gasteiger charge is -2.07. The first-order valence-corrected chi connectivity index (χ1v) is 4.57. The summed E-state index contributed by atoms with van der Waals surface area (Å²) in [5, 5.41) is 22.9. The van der Waals surface area contributed by atoms with E-state index in [9.17, 15) is 15.2 Å². The molecule has 6 heteroatoms. The quantitative estimate of drug-likeness (QED) is 0.304. The van der Waals surface area contributed by atoms with Crippen molar-refractivity contribution in [2.24, 2.45) is 0 Å². The lowest BCUT2D eigenvalue weighted by molar-refractivity contribution is -0.383. The number of nitrogens with two attached hydrogens (primary N) is 1. The molecule has 0 aromatic heterocycles. The largest absolute Gasteiger partial charge is 0.505 e. The molecule has 0 aliphatic heterocycles. The maximum absolute atomic E-state index is 10.6. The number of nitrogens with zero attached hydrogens (tertiary/aromatic N) is 1. The topological polar surface area (TPSA) is 101 Å². The van der Waals surface area contributed by atoms with Gasteiger partial charge in [-0.1, -0.05) is 6.92 Å². The Morgan fingerprint density at radius 2 is 2.27 bits per heavy atom. The molecule has 4 N–H and O–H groups in total. The highest BCUT2D eigenvalue weighted by Gasteiger charge is 2.16. The summed E-state index contributed by atoms with van der Waals surface area (Å²) in [5.74, 6) is -0.275. The third kappa shape index (κ3) is 2.49. The van der Waals surface area contributed by atoms with E-state index in [0.29, 0.717) is 12.2 Å². The Kier molecular flexibility index (Phi) is 3.33. The highest BCUT2D eigenvalue weighted by atomic mass is 16.6. The number of hydrogen-bond acceptors (Lipinski definition) is 5. The maximum Gasteiger partial charge on any atom is 0.298 e. The molecular weight excluding hydrogens is 198 g/mol. The van der Waals surface area contributed by atoms with Gasteiger partial charge in [-0.05, 0) is 6.42 Å². The van der Waals surface area contributed by atoms with Crippen LogP contribution in [0.1, 0.15) is 13.3 Å². The highest BCUT2D eigenvalue weighted by molar-refractivity contribution is 5.72. The van der Waals surface area contributed by atoms with Gasteiger partial charge in [-0.2, -0.15) is 0 Å². The van der Waals surface area contributed by atoms with Crippen molar-refractivity contribution in [3.63, 3.8) is 0 Å². The van der Waals surface area contributed by atoms with Crippen LogP contribution in [0.4, 0.5) is 17.1 Å². The third-order valence-corrected chi connectivity index (χ3v) is 1.91. The second-order valence-corrected chi connectivity index (χ2v) is 3.11. The Labute approximate surface area is 86.9 Å². The first-order valence-electron chi connectivity index (χ1n) is 4.57. The molecule has 0 fully saturated rings. The van der Waals surface area contributed by atoms with Crippen LogP contribution in [0.25, 0.3) is 0 Å². The number of nitrogens with one attached hydrogen (secondary N) is 1. The van der Waals surface area contributed by atoms with Crippen molar-refractivity contribution in [3.8, 4) is 5.75 Å². The Bertz CT molecular complexity index is 379. The van der Waals surface area contributed by atoms with E-state index in [1.807, 2.05) is 6.92 Å². The minimum absolute atomic E-state index is 0.206. The van der Waals surface area contributed by atoms with Crippen molar-refractivity contribution in [3.05, 3.63) is 22.2 Å². The van der Waals surface area contributed by atoms with Gasteiger partial charge in [0.25, 0.3) is 5.69 Å². The second-order valence-electron chi connectivity index (χ2n) is 3.11. The molecule has 0 radical (unpaired) electrons. The predicted octanol–water partition coefficient (Wildman–Crippen LogP) is 1.70. The number of anilines is 2. The molecule has 1 aromatic carbocycles. The molecule has 0 atom stereocenters. The van der Waals surface area contributed by atoms with Gasteiger partial charge < -0.3 is 16.2 Å². The number of rotatable bonds is 4. The van der Waals surface area contributed by atoms with Crippen molar-refractivity contribution in [2.45, 2.75) is 13.3 Å². The molecule has 1 aromatic rings. The van der Waals surface area contributed by atoms with Crippen LogP contribution >= 0.6 is 0 Å². The number of nitro groups is 1. The van der Waals surface area contributed by atoms with Crippen LogP contribution in [-0.4, -0.2) is 16.6 Å². The van der Waals surface area contributed by atoms with Gasteiger partial charge >= 0.3 is 0 Å². The van der Waals surface area contributed by atoms with Crippen LogP contribution in [-0.2, 0) is 0 Å². The molecule has 0 unspecified atom stereocenters. The number of benzene rings is 1. The standard InChI is InChI=1S/C9H13N3O3/c1-2-3-11-6-4-7(12(14)15)9(10)8(13)5-6/h4-5,11,13H,2-3,10H2,1H3. The van der Waals surface area contributed by atoms with Crippen LogP contribution in [0.3, 0.4) is 0 Å². The summed E-state index contributed by atoms with van der Waals surface area (Å²) >= 11 is 0. The smallest absolute Gasteiger partial charge is 0.298 e. The fourth-order valence-electron chi connectivity index (χ4n) is 1.15. The van der Waals surface area contributed by atoms with Crippen molar-refractivity contribution in [1.82, 2.24) is 0 Å². The molecule has 82 valence electrons. The van der Waals surface area contributed by atoms with E-state index < -0.39 is 4.92 Å². The Morgan fingerprint density at radius 3 is 2.80 bits per heavy atom. The van der Waals surface area contributed by atoms with Gasteiger partial charge in [-0.3, -0.25) is 10.1 Å².